The van der Waals surface area contributed by atoms with Gasteiger partial charge in [-0.15, -0.1) is 11.8 Å². The predicted molar refractivity (Wildman–Crippen MR) is 130 cm³/mol. The van der Waals surface area contributed by atoms with Crippen LogP contribution in [-0.2, 0) is 19.2 Å². The van der Waals surface area contributed by atoms with Gasteiger partial charge >= 0.3 is 5.97 Å². The van der Waals surface area contributed by atoms with Crippen LogP contribution in [0.2, 0.25) is 0 Å². The summed E-state index contributed by atoms with van der Waals surface area (Å²) in [5.41, 5.74) is 5.69. The van der Waals surface area contributed by atoms with Crippen LogP contribution in [0, 0.1) is 0 Å². The molecular formula is C24H26N4O7S. The Labute approximate surface area is 216 Å². The van der Waals surface area contributed by atoms with Crippen LogP contribution in [0.1, 0.15) is 42.5 Å². The summed E-state index contributed by atoms with van der Waals surface area (Å²) in [6, 6.07) is -3.62. The van der Waals surface area contributed by atoms with Crippen LogP contribution < -0.4 is 16.4 Å². The number of amides is 3. The maximum Gasteiger partial charge on any atom is 0.327 e. The molecule has 0 aliphatic carbocycles. The summed E-state index contributed by atoms with van der Waals surface area (Å²) in [6.07, 6.45) is 0. The topological polar surface area (TPSA) is 182 Å². The molecule has 11 nitrogen and oxygen atoms in total. The Bertz CT molecular complexity index is 1400. The zero-order valence-corrected chi connectivity index (χ0v) is 19.9. The number of rotatable bonds is 7. The van der Waals surface area contributed by atoms with Crippen molar-refractivity contribution in [3.8, 4) is 11.5 Å². The number of hydrogen-bond acceptors (Lipinski definition) is 8. The van der Waals surface area contributed by atoms with Crippen LogP contribution >= 0.6 is 11.8 Å². The van der Waals surface area contributed by atoms with E-state index < -0.39 is 93.5 Å². The molecule has 0 bridgehead atoms. The summed E-state index contributed by atoms with van der Waals surface area (Å²) in [5, 5.41) is 33.1. The lowest BCUT2D eigenvalue weighted by Gasteiger charge is -2.44. The lowest BCUT2D eigenvalue weighted by Crippen LogP contribution is -2.71. The highest BCUT2D eigenvalue weighted by molar-refractivity contribution is 8.01. The van der Waals surface area contributed by atoms with Crippen LogP contribution in [0.15, 0.2) is 48.4 Å². The molecule has 7 N–H and O–H groups in total. The maximum atomic E-state index is 13.6. The summed E-state index contributed by atoms with van der Waals surface area (Å²) >= 11 is 1.16. The maximum absolute atomic E-state index is 13.6. The number of β-lactam (4-membered cyclic amide) rings is 1. The molecule has 3 amide bonds. The van der Waals surface area contributed by atoms with Crippen LogP contribution in [0.4, 0.5) is 0 Å². The number of carbonyl (C=O) groups is 4. The van der Waals surface area contributed by atoms with Crippen LogP contribution in [-0.4, -0.2) is 66.1 Å². The molecule has 2 aromatic rings. The molecule has 36 heavy (non-hydrogen) atoms. The van der Waals surface area contributed by atoms with Crippen molar-refractivity contribution in [2.75, 3.05) is 0 Å². The van der Waals surface area contributed by atoms with E-state index >= 15 is 0 Å². The molecule has 2 saturated heterocycles. The molecule has 0 spiro atoms. The number of aromatic hydroxyl groups is 2. The van der Waals surface area contributed by atoms with Gasteiger partial charge in [-0.1, -0.05) is 24.2 Å². The molecule has 2 aliphatic heterocycles. The summed E-state index contributed by atoms with van der Waals surface area (Å²) in [6.45, 7) is 3.30. The Kier molecular flexibility index (Phi) is 5.31. The van der Waals surface area contributed by atoms with Crippen molar-refractivity contribution in [3.63, 3.8) is 0 Å². The molecule has 190 valence electrons. The zero-order chi connectivity index (χ0) is 29.8. The number of nitrogens with one attached hydrogen (secondary N) is 2. The number of thioether (sulfide) groups is 1. The van der Waals surface area contributed by atoms with Crippen LogP contribution in [0.25, 0.3) is 0 Å². The number of benzene rings is 2. The molecule has 2 fully saturated rings. The van der Waals surface area contributed by atoms with Crippen molar-refractivity contribution < 1.29 is 40.0 Å². The van der Waals surface area contributed by atoms with Crippen molar-refractivity contribution in [3.05, 3.63) is 59.6 Å². The third-order valence-electron chi connectivity index (χ3n) is 5.98. The minimum absolute atomic E-state index is 0.0846. The van der Waals surface area contributed by atoms with Crippen molar-refractivity contribution >= 4 is 35.5 Å². The molecule has 2 aromatic carbocycles. The van der Waals surface area contributed by atoms with E-state index in [2.05, 4.69) is 10.6 Å². The number of phenolic OH excluding ortho intramolecular Hbond substituents is 2. The first-order chi connectivity index (χ1) is 18.6. The van der Waals surface area contributed by atoms with E-state index in [4.69, 9.17) is 11.2 Å². The zero-order valence-electron chi connectivity index (χ0n) is 23.1. The lowest BCUT2D eigenvalue weighted by molar-refractivity contribution is -0.161. The lowest BCUT2D eigenvalue weighted by atomic mass is 9.95. The quantitative estimate of drug-likeness (QED) is 0.286. The summed E-state index contributed by atoms with van der Waals surface area (Å²) < 4.78 is 31.6. The second kappa shape index (κ2) is 9.36. The van der Waals surface area contributed by atoms with Gasteiger partial charge in [0.1, 0.15) is 41.0 Å². The Hall–Kier alpha value is -3.77. The standard InChI is InChI=1S/C24H26N4O7S/c1-24(2)18(23(34)35)28-21(33)17(22(28)36-24)27-20(32)16(12-5-9-14(30)10-6-12)26-19(31)15(25)11-3-7-13(29)8-4-11/h3-10,15-18,22,29-30H,25H2,1-2H3,(H,26,31)(H,27,32)(H,34,35)/t15-,16-,17-,18+,22-/m1/s1/i5D,6D,9D,10D. The number of aliphatic carboxylic acids is 1. The number of phenols is 2. The van der Waals surface area contributed by atoms with Gasteiger partial charge in [0.15, 0.2) is 0 Å². The molecule has 5 atom stereocenters. The summed E-state index contributed by atoms with van der Waals surface area (Å²) in [4.78, 5) is 52.5. The van der Waals surface area contributed by atoms with E-state index in [0.29, 0.717) is 0 Å². The minimum Gasteiger partial charge on any atom is -0.508 e. The van der Waals surface area contributed by atoms with Crippen LogP contribution in [0.3, 0.4) is 0 Å². The van der Waals surface area contributed by atoms with E-state index in [0.717, 1.165) is 16.7 Å². The first-order valence-corrected chi connectivity index (χ1v) is 11.6. The molecular weight excluding hydrogens is 488 g/mol. The highest BCUT2D eigenvalue weighted by Crippen LogP contribution is 2.50. The van der Waals surface area contributed by atoms with Gasteiger partial charge in [-0.05, 0) is 49.2 Å². The molecule has 0 aromatic heterocycles. The van der Waals surface area contributed by atoms with E-state index in [1.54, 1.807) is 13.8 Å². The first kappa shape index (κ1) is 20.4. The average Bonchev–Trinajstić information content (AvgIpc) is 3.16. The second-order valence-corrected chi connectivity index (χ2v) is 10.6. The molecule has 0 unspecified atom stereocenters. The molecule has 0 saturated carbocycles. The largest absolute Gasteiger partial charge is 0.508 e. The van der Waals surface area contributed by atoms with E-state index in [-0.39, 0.29) is 11.3 Å². The number of fused-ring (bicyclic) bond motifs is 1. The van der Waals surface area contributed by atoms with Gasteiger partial charge < -0.3 is 36.6 Å². The molecule has 4 rings (SSSR count). The Morgan fingerprint density at radius 2 is 1.67 bits per heavy atom. The van der Waals surface area contributed by atoms with Gasteiger partial charge in [-0.2, -0.15) is 0 Å². The number of nitrogens with two attached hydrogens (primary N) is 1. The normalized spacial score (nSPS) is 25.2. The number of carboxylic acids is 1. The molecule has 0 radical (unpaired) electrons. The summed E-state index contributed by atoms with van der Waals surface area (Å²) in [5.74, 6) is -4.97. The van der Waals surface area contributed by atoms with Gasteiger partial charge in [0, 0.05) is 4.75 Å². The second-order valence-electron chi connectivity index (χ2n) is 8.86. The summed E-state index contributed by atoms with van der Waals surface area (Å²) in [7, 11) is 0. The SMILES string of the molecule is [2H]c1c([2H])c([C@@H](NC(=O)[C@H](N)c2ccc(O)cc2)C(=O)N[C@@H]2C(=O)N3[C@@H]2SC(C)(C)[C@@H]3C(=O)O)c([2H])c([2H])c1O. The average molecular weight is 519 g/mol. The molecule has 2 aliphatic rings. The fourth-order valence-electron chi connectivity index (χ4n) is 4.18. The van der Waals surface area contributed by atoms with Gasteiger partial charge in [0.25, 0.3) is 0 Å². The highest BCUT2D eigenvalue weighted by Gasteiger charge is 2.64. The van der Waals surface area contributed by atoms with Gasteiger partial charge in [0.05, 0.1) is 5.48 Å². The monoisotopic (exact) mass is 518 g/mol. The van der Waals surface area contributed by atoms with Crippen molar-refractivity contribution in [2.24, 2.45) is 5.73 Å². The number of carboxylic acid groups (broad SMARTS) is 1. The van der Waals surface area contributed by atoms with E-state index in [9.17, 15) is 34.5 Å². The minimum atomic E-state index is -1.89. The van der Waals surface area contributed by atoms with Gasteiger partial charge in [0.2, 0.25) is 17.7 Å². The fourth-order valence-corrected chi connectivity index (χ4v) is 5.80. The molecule has 2 heterocycles. The van der Waals surface area contributed by atoms with Crippen molar-refractivity contribution in [1.29, 1.82) is 0 Å². The highest BCUT2D eigenvalue weighted by atomic mass is 32.2. The van der Waals surface area contributed by atoms with Crippen molar-refractivity contribution in [2.45, 2.75) is 48.1 Å². The number of carbonyl (C=O) groups excluding carboxylic acids is 3. The molecule has 12 heteroatoms. The van der Waals surface area contributed by atoms with Gasteiger partial charge in [-0.25, -0.2) is 4.79 Å². The first-order valence-electron chi connectivity index (χ1n) is 12.8. The number of nitrogens with zero attached hydrogens (tertiary/aromatic N) is 1. The van der Waals surface area contributed by atoms with E-state index in [1.807, 2.05) is 0 Å². The Morgan fingerprint density at radius 1 is 1.06 bits per heavy atom. The fraction of sp³-hybridized carbons (Fsp3) is 0.333. The van der Waals surface area contributed by atoms with E-state index in [1.165, 1.54) is 24.3 Å². The van der Waals surface area contributed by atoms with Gasteiger partial charge in [-0.3, -0.25) is 14.4 Å². The van der Waals surface area contributed by atoms with Crippen molar-refractivity contribution in [1.82, 2.24) is 15.5 Å². The third kappa shape index (κ3) is 4.56. The number of hydrogen-bond donors (Lipinski definition) is 6. The van der Waals surface area contributed by atoms with Crippen LogP contribution in [0.5, 0.6) is 11.5 Å². The Morgan fingerprint density at radius 3 is 2.25 bits per heavy atom. The smallest absolute Gasteiger partial charge is 0.327 e. The Balaban J connectivity index is 1.67. The third-order valence-corrected chi connectivity index (χ3v) is 7.55. The predicted octanol–water partition coefficient (Wildman–Crippen LogP) is 0.587.